The van der Waals surface area contributed by atoms with Gasteiger partial charge in [0.1, 0.15) is 0 Å². The van der Waals surface area contributed by atoms with E-state index in [0.29, 0.717) is 11.6 Å². The molecule has 2 aromatic rings. The maximum absolute atomic E-state index is 12.4. The number of benzene rings is 2. The van der Waals surface area contributed by atoms with Crippen molar-refractivity contribution in [3.8, 4) is 0 Å². The number of carboxylic acids is 1. The highest BCUT2D eigenvalue weighted by Crippen LogP contribution is 2.33. The van der Waals surface area contributed by atoms with E-state index in [0.717, 1.165) is 29.5 Å². The molecule has 0 heterocycles. The zero-order valence-corrected chi connectivity index (χ0v) is 15.0. The van der Waals surface area contributed by atoms with E-state index in [-0.39, 0.29) is 17.2 Å². The molecule has 0 aromatic heterocycles. The molecule has 1 aliphatic carbocycles. The van der Waals surface area contributed by atoms with Gasteiger partial charge in [-0.15, -0.1) is 0 Å². The van der Waals surface area contributed by atoms with Crippen LogP contribution in [-0.2, 0) is 27.7 Å². The molecule has 2 aromatic carbocycles. The van der Waals surface area contributed by atoms with Crippen LogP contribution in [-0.4, -0.2) is 26.0 Å². The molecule has 0 radical (unpaired) electrons. The Hall–Kier alpha value is -1.89. The Kier molecular flexibility index (Phi) is 5.13. The molecule has 1 unspecified atom stereocenters. The summed E-state index contributed by atoms with van der Waals surface area (Å²) in [6, 6.07) is 11.7. The highest BCUT2D eigenvalue weighted by Gasteiger charge is 2.25. The Bertz CT molecular complexity index is 894. The first kappa shape index (κ1) is 17.9. The lowest BCUT2D eigenvalue weighted by Crippen LogP contribution is -2.28. The first-order valence-electron chi connectivity index (χ1n) is 7.94. The molecule has 0 fully saturated rings. The maximum atomic E-state index is 12.4. The summed E-state index contributed by atoms with van der Waals surface area (Å²) < 4.78 is 27.4. The van der Waals surface area contributed by atoms with Gasteiger partial charge in [-0.05, 0) is 59.7 Å². The summed E-state index contributed by atoms with van der Waals surface area (Å²) in [4.78, 5) is 11.0. The number of halogens is 1. The molecule has 5 nitrogen and oxygen atoms in total. The van der Waals surface area contributed by atoms with E-state index in [9.17, 15) is 13.2 Å². The largest absolute Gasteiger partial charge is 0.481 e. The number of hydrogen-bond donors (Lipinski definition) is 2. The third kappa shape index (κ3) is 4.21. The SMILES string of the molecule is O=C(O)Cc1ccc2c(c1)CCC2CNS(=O)(=O)c1ccc(Cl)cc1. The van der Waals surface area contributed by atoms with E-state index in [1.807, 2.05) is 12.1 Å². The number of hydrogen-bond acceptors (Lipinski definition) is 3. The van der Waals surface area contributed by atoms with E-state index >= 15 is 0 Å². The number of carbonyl (C=O) groups is 1. The van der Waals surface area contributed by atoms with Crippen molar-refractivity contribution in [2.75, 3.05) is 6.54 Å². The molecule has 1 atom stereocenters. The van der Waals surface area contributed by atoms with Gasteiger partial charge in [0.2, 0.25) is 10.0 Å². The fourth-order valence-electron chi connectivity index (χ4n) is 3.16. The van der Waals surface area contributed by atoms with Crippen molar-refractivity contribution in [3.05, 3.63) is 64.2 Å². The molecule has 3 rings (SSSR count). The Balaban J connectivity index is 1.70. The minimum absolute atomic E-state index is 0.00113. The number of aryl methyl sites for hydroxylation is 1. The van der Waals surface area contributed by atoms with E-state index in [2.05, 4.69) is 4.72 Å². The van der Waals surface area contributed by atoms with Crippen LogP contribution in [0.2, 0.25) is 5.02 Å². The maximum Gasteiger partial charge on any atom is 0.307 e. The van der Waals surface area contributed by atoms with Crippen LogP contribution >= 0.6 is 11.6 Å². The number of rotatable bonds is 6. The van der Waals surface area contributed by atoms with Gasteiger partial charge in [0.15, 0.2) is 0 Å². The van der Waals surface area contributed by atoms with Crippen molar-refractivity contribution in [2.24, 2.45) is 0 Å². The fourth-order valence-corrected chi connectivity index (χ4v) is 4.37. The Morgan fingerprint density at radius 2 is 1.92 bits per heavy atom. The van der Waals surface area contributed by atoms with E-state index in [1.54, 1.807) is 18.2 Å². The van der Waals surface area contributed by atoms with E-state index in [1.165, 1.54) is 12.1 Å². The summed E-state index contributed by atoms with van der Waals surface area (Å²) in [5.41, 5.74) is 2.97. The van der Waals surface area contributed by atoms with Crippen LogP contribution in [0, 0.1) is 0 Å². The van der Waals surface area contributed by atoms with Crippen molar-refractivity contribution >= 4 is 27.6 Å². The summed E-state index contributed by atoms with van der Waals surface area (Å²) in [6.07, 6.45) is 1.67. The van der Waals surface area contributed by atoms with Crippen LogP contribution in [0.25, 0.3) is 0 Å². The van der Waals surface area contributed by atoms with Crippen molar-refractivity contribution in [3.63, 3.8) is 0 Å². The second-order valence-corrected chi connectivity index (χ2v) is 8.35. The molecule has 0 aliphatic heterocycles. The highest BCUT2D eigenvalue weighted by molar-refractivity contribution is 7.89. The van der Waals surface area contributed by atoms with E-state index in [4.69, 9.17) is 16.7 Å². The molecular weight excluding hydrogens is 362 g/mol. The highest BCUT2D eigenvalue weighted by atomic mass is 35.5. The Morgan fingerprint density at radius 1 is 1.20 bits per heavy atom. The van der Waals surface area contributed by atoms with Gasteiger partial charge in [0, 0.05) is 11.6 Å². The number of sulfonamides is 1. The monoisotopic (exact) mass is 379 g/mol. The first-order valence-corrected chi connectivity index (χ1v) is 9.80. The van der Waals surface area contributed by atoms with Gasteiger partial charge in [0.05, 0.1) is 11.3 Å². The molecule has 1 aliphatic rings. The van der Waals surface area contributed by atoms with Crippen LogP contribution < -0.4 is 4.72 Å². The minimum atomic E-state index is -3.58. The van der Waals surface area contributed by atoms with Gasteiger partial charge in [-0.1, -0.05) is 29.8 Å². The lowest BCUT2D eigenvalue weighted by molar-refractivity contribution is -0.136. The lowest BCUT2D eigenvalue weighted by atomic mass is 9.99. The third-order valence-corrected chi connectivity index (χ3v) is 6.10. The first-order chi connectivity index (χ1) is 11.8. The molecular formula is C18H18ClNO4S. The molecule has 132 valence electrons. The third-order valence-electron chi connectivity index (χ3n) is 4.41. The molecule has 0 spiro atoms. The summed E-state index contributed by atoms with van der Waals surface area (Å²) in [7, 11) is -3.58. The predicted molar refractivity (Wildman–Crippen MR) is 95.5 cm³/mol. The van der Waals surface area contributed by atoms with Crippen molar-refractivity contribution in [1.82, 2.24) is 4.72 Å². The molecule has 25 heavy (non-hydrogen) atoms. The Labute approximate surface area is 151 Å². The second-order valence-electron chi connectivity index (χ2n) is 6.15. The predicted octanol–water partition coefficient (Wildman–Crippen LogP) is 2.98. The normalized spacial score (nSPS) is 16.6. The van der Waals surface area contributed by atoms with Gasteiger partial charge >= 0.3 is 5.97 Å². The molecule has 2 N–H and O–H groups in total. The smallest absolute Gasteiger partial charge is 0.307 e. The second kappa shape index (κ2) is 7.15. The van der Waals surface area contributed by atoms with Crippen molar-refractivity contribution in [2.45, 2.75) is 30.1 Å². The topological polar surface area (TPSA) is 83.5 Å². The summed E-state index contributed by atoms with van der Waals surface area (Å²) >= 11 is 5.79. The minimum Gasteiger partial charge on any atom is -0.481 e. The average molecular weight is 380 g/mol. The van der Waals surface area contributed by atoms with Gasteiger partial charge in [-0.3, -0.25) is 4.79 Å². The summed E-state index contributed by atoms with van der Waals surface area (Å²) in [5, 5.41) is 9.37. The van der Waals surface area contributed by atoms with Crippen LogP contribution in [0.4, 0.5) is 0 Å². The lowest BCUT2D eigenvalue weighted by Gasteiger charge is -2.14. The number of aliphatic carboxylic acids is 1. The molecule has 0 bridgehead atoms. The molecule has 7 heteroatoms. The number of fused-ring (bicyclic) bond motifs is 1. The van der Waals surface area contributed by atoms with Crippen LogP contribution in [0.15, 0.2) is 47.4 Å². The number of nitrogens with one attached hydrogen (secondary N) is 1. The Morgan fingerprint density at radius 3 is 2.60 bits per heavy atom. The van der Waals surface area contributed by atoms with E-state index < -0.39 is 16.0 Å². The van der Waals surface area contributed by atoms with Crippen molar-refractivity contribution < 1.29 is 18.3 Å². The average Bonchev–Trinajstić information content (AvgIpc) is 2.95. The summed E-state index contributed by atoms with van der Waals surface area (Å²) in [5.74, 6) is -0.763. The van der Waals surface area contributed by atoms with Crippen molar-refractivity contribution in [1.29, 1.82) is 0 Å². The molecule has 0 amide bonds. The quantitative estimate of drug-likeness (QED) is 0.808. The van der Waals surface area contributed by atoms with Gasteiger partial charge < -0.3 is 5.11 Å². The molecule has 0 saturated carbocycles. The van der Waals surface area contributed by atoms with Gasteiger partial charge in [-0.2, -0.15) is 0 Å². The van der Waals surface area contributed by atoms with Gasteiger partial charge in [0.25, 0.3) is 0 Å². The summed E-state index contributed by atoms with van der Waals surface area (Å²) in [6.45, 7) is 0.316. The van der Waals surface area contributed by atoms with Crippen LogP contribution in [0.5, 0.6) is 0 Å². The van der Waals surface area contributed by atoms with Crippen LogP contribution in [0.3, 0.4) is 0 Å². The zero-order chi connectivity index (χ0) is 18.0. The number of carboxylic acid groups (broad SMARTS) is 1. The van der Waals surface area contributed by atoms with Crippen LogP contribution in [0.1, 0.15) is 29.0 Å². The standard InChI is InChI=1S/C18H18ClNO4S/c19-15-4-6-16(7-5-15)25(23,24)20-11-14-3-2-13-9-12(10-18(21)22)1-8-17(13)14/h1,4-9,14,20H,2-3,10-11H2,(H,21,22). The molecule has 0 saturated heterocycles. The van der Waals surface area contributed by atoms with Gasteiger partial charge in [-0.25, -0.2) is 13.1 Å². The fraction of sp³-hybridized carbons (Fsp3) is 0.278. The zero-order valence-electron chi connectivity index (χ0n) is 13.4.